The molecule has 1 saturated heterocycles. The Balaban J connectivity index is 1.65. The van der Waals surface area contributed by atoms with Gasteiger partial charge in [0.15, 0.2) is 0 Å². The van der Waals surface area contributed by atoms with Gasteiger partial charge in [0.1, 0.15) is 18.2 Å². The molecule has 0 amide bonds. The van der Waals surface area contributed by atoms with Gasteiger partial charge >= 0.3 is 6.18 Å². The van der Waals surface area contributed by atoms with Gasteiger partial charge in [0.25, 0.3) is 0 Å². The SMILES string of the molecule is Cc1cc(OCc2ccccc2)cc(-c2cnc(N3CCCC(F)(F)CC3)cc2C(F)(F)F)n1. The predicted octanol–water partition coefficient (Wildman–Crippen LogP) is 6.68. The van der Waals surface area contributed by atoms with Crippen LogP contribution in [0.3, 0.4) is 0 Å². The number of anilines is 1. The van der Waals surface area contributed by atoms with E-state index in [4.69, 9.17) is 4.74 Å². The average molecular weight is 477 g/mol. The molecule has 0 bridgehead atoms. The number of nitrogens with zero attached hydrogens (tertiary/aromatic N) is 3. The largest absolute Gasteiger partial charge is 0.489 e. The molecule has 180 valence electrons. The third kappa shape index (κ3) is 5.81. The molecule has 0 aliphatic carbocycles. The van der Waals surface area contributed by atoms with Gasteiger partial charge in [-0.2, -0.15) is 13.2 Å². The van der Waals surface area contributed by atoms with Gasteiger partial charge in [-0.05, 0) is 25.0 Å². The first kappa shape index (κ1) is 23.9. The molecular weight excluding hydrogens is 453 g/mol. The van der Waals surface area contributed by atoms with Gasteiger partial charge in [0.2, 0.25) is 5.92 Å². The summed E-state index contributed by atoms with van der Waals surface area (Å²) in [5.74, 6) is -2.40. The number of alkyl halides is 5. The van der Waals surface area contributed by atoms with Crippen molar-refractivity contribution >= 4 is 5.82 Å². The summed E-state index contributed by atoms with van der Waals surface area (Å²) < 4.78 is 75.3. The second-order valence-corrected chi connectivity index (χ2v) is 8.39. The third-order valence-corrected chi connectivity index (χ3v) is 5.69. The Morgan fingerprint density at radius 2 is 1.79 bits per heavy atom. The summed E-state index contributed by atoms with van der Waals surface area (Å²) in [6, 6.07) is 13.4. The molecule has 2 aromatic heterocycles. The maximum Gasteiger partial charge on any atom is 0.417 e. The average Bonchev–Trinajstić information content (AvgIpc) is 2.97. The molecule has 3 aromatic rings. The number of hydrogen-bond acceptors (Lipinski definition) is 4. The van der Waals surface area contributed by atoms with Crippen LogP contribution in [0.25, 0.3) is 11.3 Å². The van der Waals surface area contributed by atoms with E-state index in [1.807, 2.05) is 30.3 Å². The Hall–Kier alpha value is -3.23. The summed E-state index contributed by atoms with van der Waals surface area (Å²) in [6.45, 7) is 2.09. The Bertz CT molecular complexity index is 1140. The highest BCUT2D eigenvalue weighted by Gasteiger charge is 2.37. The Labute approximate surface area is 194 Å². The highest BCUT2D eigenvalue weighted by atomic mass is 19.4. The summed E-state index contributed by atoms with van der Waals surface area (Å²) >= 11 is 0. The predicted molar refractivity (Wildman–Crippen MR) is 119 cm³/mol. The highest BCUT2D eigenvalue weighted by Crippen LogP contribution is 2.39. The van der Waals surface area contributed by atoms with Gasteiger partial charge in [-0.3, -0.25) is 4.98 Å². The molecule has 9 heteroatoms. The summed E-state index contributed by atoms with van der Waals surface area (Å²) in [5, 5.41) is 0. The first-order valence-corrected chi connectivity index (χ1v) is 11.0. The fraction of sp³-hybridized carbons (Fsp3) is 0.360. The Morgan fingerprint density at radius 1 is 1.03 bits per heavy atom. The summed E-state index contributed by atoms with van der Waals surface area (Å²) in [5.41, 5.74) is 0.387. The molecule has 0 spiro atoms. The van der Waals surface area contributed by atoms with E-state index in [1.54, 1.807) is 13.0 Å². The lowest BCUT2D eigenvalue weighted by atomic mass is 10.0. The van der Waals surface area contributed by atoms with Crippen LogP contribution in [0.15, 0.2) is 54.7 Å². The minimum atomic E-state index is -4.68. The van der Waals surface area contributed by atoms with Gasteiger partial charge in [-0.1, -0.05) is 30.3 Å². The quantitative estimate of drug-likeness (QED) is 0.385. The number of aryl methyl sites for hydroxylation is 1. The van der Waals surface area contributed by atoms with Crippen LogP contribution in [0.5, 0.6) is 5.75 Å². The van der Waals surface area contributed by atoms with Crippen LogP contribution in [0, 0.1) is 6.92 Å². The van der Waals surface area contributed by atoms with Gasteiger partial charge in [-0.25, -0.2) is 13.8 Å². The monoisotopic (exact) mass is 477 g/mol. The molecule has 1 aliphatic rings. The first-order valence-electron chi connectivity index (χ1n) is 11.0. The van der Waals surface area contributed by atoms with Crippen molar-refractivity contribution in [2.75, 3.05) is 18.0 Å². The fourth-order valence-corrected chi connectivity index (χ4v) is 3.95. The van der Waals surface area contributed by atoms with E-state index >= 15 is 0 Å². The van der Waals surface area contributed by atoms with Crippen LogP contribution in [0.2, 0.25) is 0 Å². The molecule has 34 heavy (non-hydrogen) atoms. The standard InChI is InChI=1S/C25H24F5N3O/c1-17-12-19(34-16-18-6-3-2-4-7-18)13-22(32-17)20-15-31-23(14-21(20)25(28,29)30)33-10-5-8-24(26,27)9-11-33/h2-4,6-7,12-15H,5,8-11,16H2,1H3. The van der Waals surface area contributed by atoms with E-state index in [-0.39, 0.29) is 49.6 Å². The molecule has 0 N–H and O–H groups in total. The third-order valence-electron chi connectivity index (χ3n) is 5.69. The van der Waals surface area contributed by atoms with Crippen LogP contribution in [0.1, 0.15) is 36.1 Å². The molecule has 4 rings (SSSR count). The van der Waals surface area contributed by atoms with Gasteiger partial charge in [0.05, 0.1) is 11.3 Å². The van der Waals surface area contributed by atoms with E-state index < -0.39 is 24.1 Å². The number of rotatable bonds is 5. The maximum absolute atomic E-state index is 14.0. The Kier molecular flexibility index (Phi) is 6.72. The molecule has 1 aliphatic heterocycles. The van der Waals surface area contributed by atoms with Crippen molar-refractivity contribution in [3.63, 3.8) is 0 Å². The van der Waals surface area contributed by atoms with Crippen LogP contribution in [-0.2, 0) is 12.8 Å². The number of benzene rings is 1. The molecule has 0 saturated carbocycles. The number of pyridine rings is 2. The lowest BCUT2D eigenvalue weighted by Gasteiger charge is -2.23. The van der Waals surface area contributed by atoms with E-state index in [0.29, 0.717) is 11.4 Å². The fourth-order valence-electron chi connectivity index (χ4n) is 3.95. The van der Waals surface area contributed by atoms with E-state index in [9.17, 15) is 22.0 Å². The van der Waals surface area contributed by atoms with Crippen molar-refractivity contribution in [3.8, 4) is 17.0 Å². The van der Waals surface area contributed by atoms with Gasteiger partial charge in [0, 0.05) is 55.5 Å². The number of aromatic nitrogens is 2. The normalized spacial score (nSPS) is 16.2. The van der Waals surface area contributed by atoms with Crippen molar-refractivity contribution < 1.29 is 26.7 Å². The van der Waals surface area contributed by atoms with Crippen molar-refractivity contribution in [2.24, 2.45) is 0 Å². The van der Waals surface area contributed by atoms with Crippen LogP contribution in [-0.4, -0.2) is 29.0 Å². The summed E-state index contributed by atoms with van der Waals surface area (Å²) in [4.78, 5) is 9.96. The van der Waals surface area contributed by atoms with Crippen LogP contribution >= 0.6 is 0 Å². The minimum Gasteiger partial charge on any atom is -0.489 e. The lowest BCUT2D eigenvalue weighted by Crippen LogP contribution is -2.27. The molecule has 0 atom stereocenters. The zero-order valence-electron chi connectivity index (χ0n) is 18.6. The van der Waals surface area contributed by atoms with E-state index in [2.05, 4.69) is 9.97 Å². The second-order valence-electron chi connectivity index (χ2n) is 8.39. The number of hydrogen-bond donors (Lipinski definition) is 0. The van der Waals surface area contributed by atoms with E-state index in [0.717, 1.165) is 17.8 Å². The molecule has 1 aromatic carbocycles. The van der Waals surface area contributed by atoms with Crippen molar-refractivity contribution in [2.45, 2.75) is 44.9 Å². The molecule has 0 radical (unpaired) electrons. The zero-order chi connectivity index (χ0) is 24.3. The smallest absolute Gasteiger partial charge is 0.417 e. The van der Waals surface area contributed by atoms with Crippen molar-refractivity contribution in [3.05, 3.63) is 71.5 Å². The number of ether oxygens (including phenoxy) is 1. The summed E-state index contributed by atoms with van der Waals surface area (Å²) in [7, 11) is 0. The minimum absolute atomic E-state index is 0.0296. The van der Waals surface area contributed by atoms with Gasteiger partial charge < -0.3 is 9.64 Å². The second kappa shape index (κ2) is 9.56. The number of halogens is 5. The van der Waals surface area contributed by atoms with Crippen molar-refractivity contribution in [1.29, 1.82) is 0 Å². The summed E-state index contributed by atoms with van der Waals surface area (Å²) in [6.07, 6.45) is -4.09. The molecular formula is C25H24F5N3O. The topological polar surface area (TPSA) is 38.2 Å². The zero-order valence-corrected chi connectivity index (χ0v) is 18.6. The molecule has 4 nitrogen and oxygen atoms in total. The molecule has 3 heterocycles. The van der Waals surface area contributed by atoms with E-state index in [1.165, 1.54) is 11.0 Å². The van der Waals surface area contributed by atoms with Crippen LogP contribution < -0.4 is 9.64 Å². The van der Waals surface area contributed by atoms with Crippen LogP contribution in [0.4, 0.5) is 27.8 Å². The lowest BCUT2D eigenvalue weighted by molar-refractivity contribution is -0.137. The highest BCUT2D eigenvalue weighted by molar-refractivity contribution is 5.67. The first-order chi connectivity index (χ1) is 16.1. The molecule has 0 unspecified atom stereocenters. The van der Waals surface area contributed by atoms with Gasteiger partial charge in [-0.15, -0.1) is 0 Å². The maximum atomic E-state index is 14.0. The molecule has 1 fully saturated rings. The van der Waals surface area contributed by atoms with Crippen molar-refractivity contribution in [1.82, 2.24) is 9.97 Å². The Morgan fingerprint density at radius 3 is 2.53 bits per heavy atom.